The fourth-order valence-corrected chi connectivity index (χ4v) is 4.41. The van der Waals surface area contributed by atoms with Crippen LogP contribution in [0.2, 0.25) is 0 Å². The number of nitrogens with one attached hydrogen (secondary N) is 1. The molecule has 1 amide bonds. The number of aromatic nitrogens is 3. The Labute approximate surface area is 186 Å². The zero-order chi connectivity index (χ0) is 22.8. The first-order chi connectivity index (χ1) is 15.4. The fourth-order valence-electron chi connectivity index (χ4n) is 4.41. The highest BCUT2D eigenvalue weighted by atomic mass is 16.2. The van der Waals surface area contributed by atoms with E-state index in [1.165, 1.54) is 24.6 Å². The van der Waals surface area contributed by atoms with Crippen molar-refractivity contribution in [3.63, 3.8) is 0 Å². The van der Waals surface area contributed by atoms with Crippen LogP contribution in [-0.2, 0) is 6.54 Å². The van der Waals surface area contributed by atoms with Crippen LogP contribution in [0.5, 0.6) is 0 Å². The van der Waals surface area contributed by atoms with Crippen molar-refractivity contribution in [3.8, 4) is 0 Å². The van der Waals surface area contributed by atoms with Crippen LogP contribution in [0.3, 0.4) is 0 Å². The molecule has 9 heteroatoms. The first-order valence-electron chi connectivity index (χ1n) is 11.0. The third-order valence-corrected chi connectivity index (χ3v) is 6.28. The second-order valence-corrected chi connectivity index (χ2v) is 8.08. The van der Waals surface area contributed by atoms with Crippen molar-refractivity contribution in [1.82, 2.24) is 19.4 Å². The topological polar surface area (TPSA) is 132 Å². The van der Waals surface area contributed by atoms with E-state index in [9.17, 15) is 9.59 Å². The number of aryl methyl sites for hydroxylation is 1. The molecule has 1 aliphatic heterocycles. The minimum absolute atomic E-state index is 0.0145. The Kier molecular flexibility index (Phi) is 6.09. The van der Waals surface area contributed by atoms with Gasteiger partial charge in [-0.3, -0.25) is 9.59 Å². The van der Waals surface area contributed by atoms with E-state index in [1.807, 2.05) is 19.1 Å². The standard InChI is InChI=1S/C23H29N7O2/c1-3-29-11-9-15(10-12-29)14-5-7-16(8-6-14)27-23-26-13-17-19(31)18(21(25)32)20(24)30(4-2)22(17)28-23/h5-8,13,15H,3-4,9-12,24H2,1-2H3,(H2,25,32)(H,26,27,28). The summed E-state index contributed by atoms with van der Waals surface area (Å²) in [5.41, 5.74) is 13.2. The number of nitrogens with two attached hydrogens (primary N) is 2. The van der Waals surface area contributed by atoms with Crippen molar-refractivity contribution >= 4 is 34.4 Å². The predicted molar refractivity (Wildman–Crippen MR) is 126 cm³/mol. The molecule has 0 atom stereocenters. The smallest absolute Gasteiger partial charge is 0.256 e. The van der Waals surface area contributed by atoms with Gasteiger partial charge in [-0.25, -0.2) is 4.98 Å². The number of hydrogen-bond acceptors (Lipinski definition) is 7. The van der Waals surface area contributed by atoms with Gasteiger partial charge in [-0.15, -0.1) is 0 Å². The Morgan fingerprint density at radius 2 is 1.84 bits per heavy atom. The molecule has 1 fully saturated rings. The lowest BCUT2D eigenvalue weighted by Gasteiger charge is -2.31. The van der Waals surface area contributed by atoms with E-state index >= 15 is 0 Å². The number of likely N-dealkylation sites (tertiary alicyclic amines) is 1. The van der Waals surface area contributed by atoms with Gasteiger partial charge in [0.2, 0.25) is 11.4 Å². The second-order valence-electron chi connectivity index (χ2n) is 8.08. The number of carbonyl (C=O) groups excluding carboxylic acids is 1. The molecule has 0 unspecified atom stereocenters. The first kappa shape index (κ1) is 21.8. The molecule has 1 aliphatic rings. The molecule has 0 bridgehead atoms. The van der Waals surface area contributed by atoms with Crippen molar-refractivity contribution in [2.24, 2.45) is 5.73 Å². The van der Waals surface area contributed by atoms with Crippen molar-refractivity contribution in [2.45, 2.75) is 39.2 Å². The summed E-state index contributed by atoms with van der Waals surface area (Å²) in [6.45, 7) is 7.88. The first-order valence-corrected chi connectivity index (χ1v) is 11.0. The van der Waals surface area contributed by atoms with Crippen LogP contribution in [-0.4, -0.2) is 45.0 Å². The largest absolute Gasteiger partial charge is 0.384 e. The average molecular weight is 436 g/mol. The maximum atomic E-state index is 12.7. The summed E-state index contributed by atoms with van der Waals surface area (Å²) in [5, 5.41) is 3.39. The number of nitrogen functional groups attached to an aromatic ring is 1. The summed E-state index contributed by atoms with van der Waals surface area (Å²) in [7, 11) is 0. The lowest BCUT2D eigenvalue weighted by molar-refractivity contribution is 0.1000. The third-order valence-electron chi connectivity index (χ3n) is 6.28. The highest BCUT2D eigenvalue weighted by molar-refractivity contribution is 6.00. The molecule has 32 heavy (non-hydrogen) atoms. The SMILES string of the molecule is CCN1CCC(c2ccc(Nc3ncc4c(=O)c(C(N)=O)c(N)n(CC)c4n3)cc2)CC1. The number of nitrogens with zero attached hydrogens (tertiary/aromatic N) is 4. The van der Waals surface area contributed by atoms with Crippen molar-refractivity contribution in [3.05, 3.63) is 51.8 Å². The summed E-state index contributed by atoms with van der Waals surface area (Å²) in [4.78, 5) is 35.6. The number of primary amides is 1. The molecule has 9 nitrogen and oxygen atoms in total. The Morgan fingerprint density at radius 1 is 1.16 bits per heavy atom. The highest BCUT2D eigenvalue weighted by Gasteiger charge is 2.21. The fraction of sp³-hybridized carbons (Fsp3) is 0.391. The molecule has 0 spiro atoms. The maximum absolute atomic E-state index is 12.7. The van der Waals surface area contributed by atoms with Gasteiger partial charge in [0.1, 0.15) is 11.4 Å². The van der Waals surface area contributed by atoms with Gasteiger partial charge in [0, 0.05) is 18.4 Å². The zero-order valence-corrected chi connectivity index (χ0v) is 18.5. The molecule has 0 radical (unpaired) electrons. The number of amides is 1. The summed E-state index contributed by atoms with van der Waals surface area (Å²) < 4.78 is 1.59. The van der Waals surface area contributed by atoms with Gasteiger partial charge < -0.3 is 26.3 Å². The lowest BCUT2D eigenvalue weighted by Crippen LogP contribution is -2.32. The van der Waals surface area contributed by atoms with Gasteiger partial charge in [0.25, 0.3) is 5.91 Å². The minimum Gasteiger partial charge on any atom is -0.384 e. The van der Waals surface area contributed by atoms with Gasteiger partial charge in [0.05, 0.1) is 5.39 Å². The number of benzene rings is 1. The molecule has 1 saturated heterocycles. The van der Waals surface area contributed by atoms with Crippen molar-refractivity contribution in [2.75, 3.05) is 30.7 Å². The highest BCUT2D eigenvalue weighted by Crippen LogP contribution is 2.29. The van der Waals surface area contributed by atoms with Crippen molar-refractivity contribution < 1.29 is 4.79 Å². The van der Waals surface area contributed by atoms with E-state index in [0.717, 1.165) is 25.3 Å². The Hall–Kier alpha value is -3.46. The number of fused-ring (bicyclic) bond motifs is 1. The van der Waals surface area contributed by atoms with Gasteiger partial charge in [-0.05, 0) is 63.0 Å². The maximum Gasteiger partial charge on any atom is 0.256 e. The third kappa shape index (κ3) is 4.03. The van der Waals surface area contributed by atoms with E-state index in [0.29, 0.717) is 24.1 Å². The molecular weight excluding hydrogens is 406 g/mol. The van der Waals surface area contributed by atoms with Crippen molar-refractivity contribution in [1.29, 1.82) is 0 Å². The quantitative estimate of drug-likeness (QED) is 0.542. The number of anilines is 3. The van der Waals surface area contributed by atoms with Crippen LogP contribution in [0.25, 0.3) is 11.0 Å². The normalized spacial score (nSPS) is 15.2. The molecule has 0 aliphatic carbocycles. The predicted octanol–water partition coefficient (Wildman–Crippen LogP) is 2.44. The molecule has 5 N–H and O–H groups in total. The number of pyridine rings is 1. The molecule has 4 rings (SSSR count). The second kappa shape index (κ2) is 8.96. The molecular formula is C23H29N7O2. The van der Waals surface area contributed by atoms with Crippen LogP contribution < -0.4 is 22.2 Å². The van der Waals surface area contributed by atoms with Gasteiger partial charge in [0.15, 0.2) is 5.65 Å². The Balaban J connectivity index is 1.59. The number of piperidine rings is 1. The monoisotopic (exact) mass is 435 g/mol. The van der Waals surface area contributed by atoms with Gasteiger partial charge >= 0.3 is 0 Å². The molecule has 0 saturated carbocycles. The molecule has 3 aromatic rings. The number of rotatable bonds is 6. The van der Waals surface area contributed by atoms with Crippen LogP contribution in [0, 0.1) is 0 Å². The Morgan fingerprint density at radius 3 is 2.44 bits per heavy atom. The van der Waals surface area contributed by atoms with E-state index in [4.69, 9.17) is 11.5 Å². The molecule has 1 aromatic carbocycles. The van der Waals surface area contributed by atoms with E-state index in [-0.39, 0.29) is 16.8 Å². The van der Waals surface area contributed by atoms with Gasteiger partial charge in [-0.2, -0.15) is 4.98 Å². The summed E-state index contributed by atoms with van der Waals surface area (Å²) in [6.07, 6.45) is 3.76. The summed E-state index contributed by atoms with van der Waals surface area (Å²) >= 11 is 0. The van der Waals surface area contributed by atoms with Crippen LogP contribution in [0.15, 0.2) is 35.3 Å². The van der Waals surface area contributed by atoms with Crippen LogP contribution in [0.1, 0.15) is 48.5 Å². The zero-order valence-electron chi connectivity index (χ0n) is 18.5. The minimum atomic E-state index is -0.862. The van der Waals surface area contributed by atoms with E-state index in [2.05, 4.69) is 39.2 Å². The van der Waals surface area contributed by atoms with Gasteiger partial charge in [-0.1, -0.05) is 19.1 Å². The Bertz CT molecular complexity index is 1200. The van der Waals surface area contributed by atoms with E-state index in [1.54, 1.807) is 4.57 Å². The average Bonchev–Trinajstić information content (AvgIpc) is 2.80. The van der Waals surface area contributed by atoms with Crippen LogP contribution in [0.4, 0.5) is 17.5 Å². The summed E-state index contributed by atoms with van der Waals surface area (Å²) in [5.74, 6) is 0.0828. The molecule has 168 valence electrons. The number of hydrogen-bond donors (Lipinski definition) is 3. The molecule has 3 heterocycles. The summed E-state index contributed by atoms with van der Waals surface area (Å²) in [6, 6.07) is 8.34. The number of carbonyl (C=O) groups is 1. The van der Waals surface area contributed by atoms with E-state index < -0.39 is 11.3 Å². The lowest BCUT2D eigenvalue weighted by atomic mass is 9.89. The van der Waals surface area contributed by atoms with Crippen LogP contribution >= 0.6 is 0 Å². The molecule has 2 aromatic heterocycles.